The Bertz CT molecular complexity index is 189. The first kappa shape index (κ1) is 12.4. The van der Waals surface area contributed by atoms with Gasteiger partial charge in [-0.2, -0.15) is 0 Å². The Morgan fingerprint density at radius 2 is 1.88 bits per heavy atom. The van der Waals surface area contributed by atoms with Crippen LogP contribution in [0.4, 0.5) is 0 Å². The summed E-state index contributed by atoms with van der Waals surface area (Å²) in [5.41, 5.74) is 0. The molecule has 0 radical (unpaired) electrons. The van der Waals surface area contributed by atoms with Crippen LogP contribution in [0.2, 0.25) is 0 Å². The minimum Gasteiger partial charge on any atom is -0.378 e. The van der Waals surface area contributed by atoms with Crippen molar-refractivity contribution in [3.63, 3.8) is 0 Å². The molecule has 0 aromatic carbocycles. The Morgan fingerprint density at radius 1 is 1.00 bits per heavy atom. The van der Waals surface area contributed by atoms with Gasteiger partial charge in [-0.25, -0.2) is 0 Å². The van der Waals surface area contributed by atoms with Crippen LogP contribution in [-0.4, -0.2) is 25.8 Å². The molecule has 3 unspecified atom stereocenters. The highest BCUT2D eigenvalue weighted by Gasteiger charge is 2.24. The van der Waals surface area contributed by atoms with Crippen molar-refractivity contribution >= 4 is 0 Å². The van der Waals surface area contributed by atoms with Gasteiger partial charge in [0.25, 0.3) is 0 Å². The molecule has 2 aliphatic rings. The topological polar surface area (TPSA) is 21.3 Å². The van der Waals surface area contributed by atoms with E-state index in [1.54, 1.807) is 0 Å². The van der Waals surface area contributed by atoms with E-state index in [4.69, 9.17) is 4.74 Å². The van der Waals surface area contributed by atoms with Gasteiger partial charge in [0.2, 0.25) is 0 Å². The predicted molar refractivity (Wildman–Crippen MR) is 67.6 cm³/mol. The zero-order valence-electron chi connectivity index (χ0n) is 10.7. The van der Waals surface area contributed by atoms with Crippen molar-refractivity contribution in [1.29, 1.82) is 0 Å². The Hall–Kier alpha value is -0.0800. The summed E-state index contributed by atoms with van der Waals surface area (Å²) in [5.74, 6) is 0.900. The Balaban J connectivity index is 1.75. The van der Waals surface area contributed by atoms with Crippen LogP contribution in [0.25, 0.3) is 0 Å². The molecule has 0 bridgehead atoms. The molecule has 0 spiro atoms. The average molecular weight is 225 g/mol. The highest BCUT2D eigenvalue weighted by Crippen LogP contribution is 2.29. The molecular formula is C14H27NO. The average Bonchev–Trinajstić information content (AvgIpc) is 2.71. The molecule has 1 aliphatic heterocycles. The molecule has 2 heteroatoms. The zero-order chi connectivity index (χ0) is 11.2. The second kappa shape index (κ2) is 6.61. The van der Waals surface area contributed by atoms with Gasteiger partial charge < -0.3 is 10.1 Å². The quantitative estimate of drug-likeness (QED) is 0.742. The lowest BCUT2D eigenvalue weighted by Crippen LogP contribution is -2.33. The second-order valence-corrected chi connectivity index (χ2v) is 5.51. The minimum atomic E-state index is 0.584. The molecule has 94 valence electrons. The summed E-state index contributed by atoms with van der Waals surface area (Å²) in [4.78, 5) is 0. The standard InChI is InChI=1S/C14H27NO/c1-15-14-8-4-2-3-6-12(14)9-10-13-7-5-11-16-13/h12-15H,2-11H2,1H3. The zero-order valence-corrected chi connectivity index (χ0v) is 10.7. The second-order valence-electron chi connectivity index (χ2n) is 5.51. The van der Waals surface area contributed by atoms with E-state index >= 15 is 0 Å². The highest BCUT2D eigenvalue weighted by atomic mass is 16.5. The molecule has 1 N–H and O–H groups in total. The van der Waals surface area contributed by atoms with Crippen molar-refractivity contribution in [3.8, 4) is 0 Å². The van der Waals surface area contributed by atoms with Crippen molar-refractivity contribution in [2.24, 2.45) is 5.92 Å². The van der Waals surface area contributed by atoms with E-state index in [0.29, 0.717) is 6.10 Å². The monoisotopic (exact) mass is 225 g/mol. The Labute approximate surface area is 100 Å². The lowest BCUT2D eigenvalue weighted by Gasteiger charge is -2.25. The molecule has 1 saturated carbocycles. The number of ether oxygens (including phenoxy) is 1. The fraction of sp³-hybridized carbons (Fsp3) is 1.00. The number of hydrogen-bond donors (Lipinski definition) is 1. The van der Waals surface area contributed by atoms with Gasteiger partial charge in [0.1, 0.15) is 0 Å². The van der Waals surface area contributed by atoms with Gasteiger partial charge in [0, 0.05) is 12.6 Å². The summed E-state index contributed by atoms with van der Waals surface area (Å²) < 4.78 is 5.72. The van der Waals surface area contributed by atoms with Crippen molar-refractivity contribution in [2.75, 3.05) is 13.7 Å². The van der Waals surface area contributed by atoms with Gasteiger partial charge in [-0.1, -0.05) is 19.3 Å². The smallest absolute Gasteiger partial charge is 0.0576 e. The fourth-order valence-electron chi connectivity index (χ4n) is 3.38. The summed E-state index contributed by atoms with van der Waals surface area (Å²) >= 11 is 0. The van der Waals surface area contributed by atoms with Crippen LogP contribution >= 0.6 is 0 Å². The maximum atomic E-state index is 5.72. The molecule has 16 heavy (non-hydrogen) atoms. The van der Waals surface area contributed by atoms with Crippen LogP contribution < -0.4 is 5.32 Å². The number of nitrogens with one attached hydrogen (secondary N) is 1. The van der Waals surface area contributed by atoms with Crippen molar-refractivity contribution < 1.29 is 4.74 Å². The lowest BCUT2D eigenvalue weighted by atomic mass is 9.89. The number of rotatable bonds is 4. The third-order valence-electron chi connectivity index (χ3n) is 4.41. The molecular weight excluding hydrogens is 198 g/mol. The number of hydrogen-bond acceptors (Lipinski definition) is 2. The fourth-order valence-corrected chi connectivity index (χ4v) is 3.38. The normalized spacial score (nSPS) is 36.2. The summed E-state index contributed by atoms with van der Waals surface area (Å²) in [6, 6.07) is 0.768. The summed E-state index contributed by atoms with van der Waals surface area (Å²) in [5, 5.41) is 3.53. The van der Waals surface area contributed by atoms with Crippen LogP contribution in [0.5, 0.6) is 0 Å². The van der Waals surface area contributed by atoms with Gasteiger partial charge in [-0.3, -0.25) is 0 Å². The van der Waals surface area contributed by atoms with E-state index in [-0.39, 0.29) is 0 Å². The molecule has 1 aliphatic carbocycles. The molecule has 3 atom stereocenters. The first-order valence-corrected chi connectivity index (χ1v) is 7.19. The Morgan fingerprint density at radius 3 is 2.62 bits per heavy atom. The molecule has 2 fully saturated rings. The molecule has 2 nitrogen and oxygen atoms in total. The molecule has 0 amide bonds. The van der Waals surface area contributed by atoms with E-state index in [2.05, 4.69) is 12.4 Å². The maximum Gasteiger partial charge on any atom is 0.0576 e. The lowest BCUT2D eigenvalue weighted by molar-refractivity contribution is 0.0954. The highest BCUT2D eigenvalue weighted by molar-refractivity contribution is 4.79. The van der Waals surface area contributed by atoms with Crippen LogP contribution in [0.3, 0.4) is 0 Å². The largest absolute Gasteiger partial charge is 0.378 e. The summed E-state index contributed by atoms with van der Waals surface area (Å²) in [6.07, 6.45) is 12.9. The van der Waals surface area contributed by atoms with E-state index in [1.165, 1.54) is 57.8 Å². The van der Waals surface area contributed by atoms with Crippen LogP contribution in [-0.2, 0) is 4.74 Å². The third-order valence-corrected chi connectivity index (χ3v) is 4.41. The van der Waals surface area contributed by atoms with Gasteiger partial charge in [0.15, 0.2) is 0 Å². The first-order valence-electron chi connectivity index (χ1n) is 7.19. The van der Waals surface area contributed by atoms with Crippen LogP contribution in [0.1, 0.15) is 57.8 Å². The molecule has 2 rings (SSSR count). The summed E-state index contributed by atoms with van der Waals surface area (Å²) in [7, 11) is 2.13. The Kier molecular flexibility index (Phi) is 5.11. The SMILES string of the molecule is CNC1CCCCCC1CCC1CCCO1. The van der Waals surface area contributed by atoms with E-state index in [1.807, 2.05) is 0 Å². The van der Waals surface area contributed by atoms with Crippen molar-refractivity contribution in [3.05, 3.63) is 0 Å². The maximum absolute atomic E-state index is 5.72. The van der Waals surface area contributed by atoms with Gasteiger partial charge in [0.05, 0.1) is 6.10 Å². The van der Waals surface area contributed by atoms with Gasteiger partial charge in [-0.15, -0.1) is 0 Å². The molecule has 1 heterocycles. The van der Waals surface area contributed by atoms with Gasteiger partial charge in [-0.05, 0) is 51.5 Å². The van der Waals surface area contributed by atoms with Crippen molar-refractivity contribution in [1.82, 2.24) is 5.32 Å². The molecule has 0 aromatic rings. The minimum absolute atomic E-state index is 0.584. The van der Waals surface area contributed by atoms with Gasteiger partial charge >= 0.3 is 0 Å². The predicted octanol–water partition coefficient (Wildman–Crippen LogP) is 3.11. The van der Waals surface area contributed by atoms with E-state index < -0.39 is 0 Å². The molecule has 1 saturated heterocycles. The third kappa shape index (κ3) is 3.46. The molecule has 0 aromatic heterocycles. The van der Waals surface area contributed by atoms with E-state index in [9.17, 15) is 0 Å². The van der Waals surface area contributed by atoms with Crippen LogP contribution in [0.15, 0.2) is 0 Å². The van der Waals surface area contributed by atoms with E-state index in [0.717, 1.165) is 18.6 Å². The van der Waals surface area contributed by atoms with Crippen LogP contribution in [0, 0.1) is 5.92 Å². The van der Waals surface area contributed by atoms with Crippen molar-refractivity contribution in [2.45, 2.75) is 69.9 Å². The first-order chi connectivity index (χ1) is 7.90. The summed E-state index contributed by atoms with van der Waals surface area (Å²) in [6.45, 7) is 1.00.